The molecule has 172 valence electrons. The largest absolute Gasteiger partial charge is 0.454 e. The molecule has 0 aliphatic carbocycles. The molecule has 2 amide bonds. The van der Waals surface area contributed by atoms with E-state index in [1.54, 1.807) is 28.0 Å². The maximum Gasteiger partial charge on any atom is 0.254 e. The molecule has 7 nitrogen and oxygen atoms in total. The third-order valence-corrected chi connectivity index (χ3v) is 5.78. The molecule has 3 aromatic rings. The summed E-state index contributed by atoms with van der Waals surface area (Å²) in [7, 11) is 1.96. The summed E-state index contributed by atoms with van der Waals surface area (Å²) < 4.78 is 12.8. The van der Waals surface area contributed by atoms with Gasteiger partial charge in [0.2, 0.25) is 12.7 Å². The van der Waals surface area contributed by atoms with Crippen LogP contribution < -0.4 is 9.47 Å². The molecule has 0 atom stereocenters. The van der Waals surface area contributed by atoms with Crippen LogP contribution in [0.15, 0.2) is 66.9 Å². The van der Waals surface area contributed by atoms with Crippen molar-refractivity contribution in [2.45, 2.75) is 33.0 Å². The van der Waals surface area contributed by atoms with Crippen LogP contribution in [0.5, 0.6) is 11.5 Å². The highest BCUT2D eigenvalue weighted by molar-refractivity contribution is 5.97. The van der Waals surface area contributed by atoms with Crippen LogP contribution in [0.25, 0.3) is 0 Å². The summed E-state index contributed by atoms with van der Waals surface area (Å²) >= 11 is 0. The van der Waals surface area contributed by atoms with Crippen LogP contribution in [0.4, 0.5) is 0 Å². The summed E-state index contributed by atoms with van der Waals surface area (Å²) in [6.45, 7) is 4.89. The van der Waals surface area contributed by atoms with E-state index < -0.39 is 0 Å². The van der Waals surface area contributed by atoms with Gasteiger partial charge >= 0.3 is 0 Å². The molecule has 0 N–H and O–H groups in total. The Hall–Kier alpha value is -3.74. The van der Waals surface area contributed by atoms with Crippen LogP contribution in [0.1, 0.15) is 35.5 Å². The van der Waals surface area contributed by atoms with Crippen molar-refractivity contribution in [2.24, 2.45) is 7.05 Å². The lowest BCUT2D eigenvalue weighted by Crippen LogP contribution is -2.45. The zero-order valence-electron chi connectivity index (χ0n) is 19.2. The quantitative estimate of drug-likeness (QED) is 0.527. The maximum atomic E-state index is 13.5. The summed E-state index contributed by atoms with van der Waals surface area (Å²) in [6, 6.07) is 18.8. The van der Waals surface area contributed by atoms with Gasteiger partial charge < -0.3 is 23.8 Å². The van der Waals surface area contributed by atoms with Crippen molar-refractivity contribution in [1.29, 1.82) is 0 Å². The second kappa shape index (κ2) is 9.81. The number of aryl methyl sites for hydroxylation is 1. The van der Waals surface area contributed by atoms with Crippen molar-refractivity contribution in [2.75, 3.05) is 13.3 Å². The van der Waals surface area contributed by atoms with Gasteiger partial charge in [-0.2, -0.15) is 0 Å². The number of aromatic nitrogens is 1. The summed E-state index contributed by atoms with van der Waals surface area (Å²) in [5.41, 5.74) is 2.54. The fourth-order valence-corrected chi connectivity index (χ4v) is 3.82. The van der Waals surface area contributed by atoms with Crippen molar-refractivity contribution in [3.8, 4) is 11.5 Å². The van der Waals surface area contributed by atoms with Gasteiger partial charge in [-0.15, -0.1) is 0 Å². The highest BCUT2D eigenvalue weighted by Gasteiger charge is 2.26. The minimum atomic E-state index is -0.213. The Kier molecular flexibility index (Phi) is 6.68. The molecule has 1 aliphatic rings. The number of benzene rings is 2. The highest BCUT2D eigenvalue weighted by Crippen LogP contribution is 2.33. The lowest BCUT2D eigenvalue weighted by Gasteiger charge is -2.30. The third-order valence-electron chi connectivity index (χ3n) is 5.78. The average molecular weight is 448 g/mol. The van der Waals surface area contributed by atoms with Crippen molar-refractivity contribution in [3.05, 3.63) is 83.7 Å². The molecular formula is C26H29N3O4. The summed E-state index contributed by atoms with van der Waals surface area (Å²) in [5.74, 6) is 0.846. The van der Waals surface area contributed by atoms with Gasteiger partial charge in [0.05, 0.1) is 6.54 Å². The number of amides is 2. The summed E-state index contributed by atoms with van der Waals surface area (Å²) in [5, 5.41) is 0. The number of fused-ring (bicyclic) bond motifs is 1. The van der Waals surface area contributed by atoms with E-state index >= 15 is 0 Å². The Labute approximate surface area is 194 Å². The number of nitrogens with zero attached hydrogens (tertiary/aromatic N) is 3. The van der Waals surface area contributed by atoms with Crippen LogP contribution in [-0.4, -0.2) is 45.6 Å². The van der Waals surface area contributed by atoms with Gasteiger partial charge in [-0.05, 0) is 49.7 Å². The topological polar surface area (TPSA) is 64.0 Å². The predicted molar refractivity (Wildman–Crippen MR) is 125 cm³/mol. The fraction of sp³-hybridized carbons (Fsp3) is 0.308. The predicted octanol–water partition coefficient (Wildman–Crippen LogP) is 3.83. The smallest absolute Gasteiger partial charge is 0.254 e. The van der Waals surface area contributed by atoms with Crippen molar-refractivity contribution in [1.82, 2.24) is 14.4 Å². The van der Waals surface area contributed by atoms with Gasteiger partial charge in [-0.3, -0.25) is 9.59 Å². The average Bonchev–Trinajstić information content (AvgIpc) is 3.45. The van der Waals surface area contributed by atoms with Crippen LogP contribution >= 0.6 is 0 Å². The number of carbonyl (C=O) groups excluding carboxylic acids is 2. The first-order valence-corrected chi connectivity index (χ1v) is 11.0. The van der Waals surface area contributed by atoms with E-state index in [2.05, 4.69) is 0 Å². The Morgan fingerprint density at radius 2 is 1.73 bits per heavy atom. The standard InChI is InChI=1S/C26H29N3O4/c1-19(2)29(26(31)21-11-12-23-24(14-21)33-18-32-23)17-25(30)28(15-20-8-5-4-6-9-20)16-22-10-7-13-27(22)3/h4-14,19H,15-18H2,1-3H3. The fourth-order valence-electron chi connectivity index (χ4n) is 3.82. The molecule has 0 saturated heterocycles. The number of carbonyl (C=O) groups is 2. The van der Waals surface area contributed by atoms with Crippen LogP contribution in [0, 0.1) is 0 Å². The first-order valence-electron chi connectivity index (χ1n) is 11.0. The summed E-state index contributed by atoms with van der Waals surface area (Å²) in [6.07, 6.45) is 1.96. The van der Waals surface area contributed by atoms with E-state index in [4.69, 9.17) is 9.47 Å². The van der Waals surface area contributed by atoms with E-state index in [9.17, 15) is 9.59 Å². The molecule has 2 heterocycles. The second-order valence-corrected chi connectivity index (χ2v) is 8.44. The molecule has 33 heavy (non-hydrogen) atoms. The maximum absolute atomic E-state index is 13.5. The SMILES string of the molecule is CC(C)N(CC(=O)N(Cc1ccccc1)Cc1cccn1C)C(=O)c1ccc2c(c1)OCO2. The number of ether oxygens (including phenoxy) is 2. The molecule has 1 aromatic heterocycles. The number of hydrogen-bond donors (Lipinski definition) is 0. The normalized spacial score (nSPS) is 12.1. The highest BCUT2D eigenvalue weighted by atomic mass is 16.7. The molecule has 0 unspecified atom stereocenters. The Morgan fingerprint density at radius 3 is 2.42 bits per heavy atom. The molecule has 0 spiro atoms. The van der Waals surface area contributed by atoms with Crippen LogP contribution in [-0.2, 0) is 24.9 Å². The lowest BCUT2D eigenvalue weighted by atomic mass is 10.1. The zero-order valence-corrected chi connectivity index (χ0v) is 19.2. The van der Waals surface area contributed by atoms with Crippen LogP contribution in [0.3, 0.4) is 0 Å². The number of hydrogen-bond acceptors (Lipinski definition) is 4. The van der Waals surface area contributed by atoms with E-state index in [0.29, 0.717) is 30.2 Å². The van der Waals surface area contributed by atoms with Gasteiger partial charge in [-0.25, -0.2) is 0 Å². The number of rotatable bonds is 8. The van der Waals surface area contributed by atoms with Gasteiger partial charge in [-0.1, -0.05) is 30.3 Å². The molecule has 0 radical (unpaired) electrons. The van der Waals surface area contributed by atoms with Gasteiger partial charge in [0.1, 0.15) is 6.54 Å². The molecule has 0 bridgehead atoms. The van der Waals surface area contributed by atoms with Crippen molar-refractivity contribution < 1.29 is 19.1 Å². The lowest BCUT2D eigenvalue weighted by molar-refractivity contribution is -0.133. The van der Waals surface area contributed by atoms with Crippen LogP contribution in [0.2, 0.25) is 0 Å². The van der Waals surface area contributed by atoms with E-state index in [1.807, 2.05) is 74.1 Å². The molecule has 7 heteroatoms. The minimum absolute atomic E-state index is 0.0117. The monoisotopic (exact) mass is 447 g/mol. The first kappa shape index (κ1) is 22.5. The van der Waals surface area contributed by atoms with Gasteiger partial charge in [0, 0.05) is 37.1 Å². The van der Waals surface area contributed by atoms with Crippen molar-refractivity contribution >= 4 is 11.8 Å². The molecule has 1 aliphatic heterocycles. The Balaban J connectivity index is 1.54. The van der Waals surface area contributed by atoms with E-state index in [1.165, 1.54) is 0 Å². The Bertz CT molecular complexity index is 1120. The van der Waals surface area contributed by atoms with E-state index in [-0.39, 0.29) is 31.2 Å². The van der Waals surface area contributed by atoms with Crippen molar-refractivity contribution in [3.63, 3.8) is 0 Å². The second-order valence-electron chi connectivity index (χ2n) is 8.44. The zero-order chi connectivity index (χ0) is 23.4. The van der Waals surface area contributed by atoms with E-state index in [0.717, 1.165) is 11.3 Å². The molecule has 4 rings (SSSR count). The van der Waals surface area contributed by atoms with Gasteiger partial charge in [0.15, 0.2) is 11.5 Å². The Morgan fingerprint density at radius 1 is 0.970 bits per heavy atom. The third kappa shape index (κ3) is 5.19. The molecule has 0 fully saturated rings. The first-order chi connectivity index (χ1) is 15.9. The summed E-state index contributed by atoms with van der Waals surface area (Å²) in [4.78, 5) is 30.2. The molecule has 0 saturated carbocycles. The minimum Gasteiger partial charge on any atom is -0.454 e. The molecular weight excluding hydrogens is 418 g/mol. The van der Waals surface area contributed by atoms with Gasteiger partial charge in [0.25, 0.3) is 5.91 Å². The molecule has 2 aromatic carbocycles.